The number of rotatable bonds is 0. The van der Waals surface area contributed by atoms with Gasteiger partial charge in [-0.1, -0.05) is 0 Å². The lowest BCUT2D eigenvalue weighted by Gasteiger charge is -1.95. The smallest absolute Gasteiger partial charge is 0.198 e. The van der Waals surface area contributed by atoms with E-state index in [2.05, 4.69) is 53.7 Å². The molecular weight excluding hydrogens is 292 g/mol. The fourth-order valence-corrected chi connectivity index (χ4v) is 0.301. The van der Waals surface area contributed by atoms with Crippen LogP contribution in [0.25, 0.3) is 0 Å². The summed E-state index contributed by atoms with van der Waals surface area (Å²) < 4.78 is -0.686. The minimum atomic E-state index is -0.686. The van der Waals surface area contributed by atoms with Crippen LogP contribution in [-0.2, 0) is 5.11 Å². The molecule has 0 atom stereocenters. The first-order chi connectivity index (χ1) is 3.06. The molecule has 7 heavy (non-hydrogen) atoms. The number of hydrogen-bond acceptors (Lipinski definition) is 0. The van der Waals surface area contributed by atoms with Crippen LogP contribution in [0, 0.1) is 12.0 Å². The highest BCUT2D eigenvalue weighted by molar-refractivity contribution is 9.39. The van der Waals surface area contributed by atoms with Crippen LogP contribution in [0.1, 0.15) is 0 Å². The van der Waals surface area contributed by atoms with Gasteiger partial charge in [-0.15, -0.1) is 0 Å². The third kappa shape index (κ3) is 6.80. The van der Waals surface area contributed by atoms with E-state index in [4.69, 9.17) is 0 Å². The van der Waals surface area contributed by atoms with Gasteiger partial charge < -0.3 is 0 Å². The summed E-state index contributed by atoms with van der Waals surface area (Å²) in [5.74, 6) is 2.23. The molecule has 0 unspecified atom stereocenters. The van der Waals surface area contributed by atoms with E-state index in [1.54, 1.807) is 0 Å². The van der Waals surface area contributed by atoms with E-state index in [0.717, 1.165) is 0 Å². The molecule has 0 fully saturated rings. The number of alkyl halides is 3. The van der Waals surface area contributed by atoms with Crippen LogP contribution >= 0.6 is 47.8 Å². The van der Waals surface area contributed by atoms with Crippen LogP contribution in [-0.4, -0.2) is 2.14 Å². The summed E-state index contributed by atoms with van der Waals surface area (Å²) in [6, 6.07) is 0. The van der Waals surface area contributed by atoms with Gasteiger partial charge in [-0.2, -0.15) is 0 Å². The molecule has 1 nitrogen and oxygen atoms in total. The van der Waals surface area contributed by atoms with Gasteiger partial charge in [0.05, 0.1) is 0 Å². The van der Waals surface area contributed by atoms with Gasteiger partial charge in [0.25, 0.3) is 0 Å². The van der Waals surface area contributed by atoms with Crippen molar-refractivity contribution in [1.29, 1.82) is 0 Å². The molecular formula is C3Br3O. The van der Waals surface area contributed by atoms with Crippen molar-refractivity contribution in [2.75, 3.05) is 0 Å². The maximum Gasteiger partial charge on any atom is 0.198 e. The Bertz CT molecular complexity index is 104. The first-order valence-electron chi connectivity index (χ1n) is 1.27. The molecule has 0 aliphatic rings. The summed E-state index contributed by atoms with van der Waals surface area (Å²) in [7, 11) is 0. The molecule has 0 spiro atoms. The van der Waals surface area contributed by atoms with Gasteiger partial charge in [0.2, 0.25) is 0 Å². The van der Waals surface area contributed by atoms with Crippen molar-refractivity contribution in [3.63, 3.8) is 0 Å². The Kier molecular flexibility index (Phi) is 3.29. The van der Waals surface area contributed by atoms with Crippen molar-refractivity contribution in [3.8, 4) is 12.0 Å². The van der Waals surface area contributed by atoms with Crippen LogP contribution in [0.3, 0.4) is 0 Å². The quantitative estimate of drug-likeness (QED) is 0.482. The van der Waals surface area contributed by atoms with Crippen LogP contribution in [0.2, 0.25) is 0 Å². The minimum absolute atomic E-state index is 0.686. The van der Waals surface area contributed by atoms with Crippen molar-refractivity contribution in [1.82, 2.24) is 0 Å². The van der Waals surface area contributed by atoms with Gasteiger partial charge >= 0.3 is 0 Å². The predicted molar refractivity (Wildman–Crippen MR) is 38.0 cm³/mol. The SMILES string of the molecule is [O]C#CC(Br)(Br)Br. The van der Waals surface area contributed by atoms with Gasteiger partial charge in [0.1, 0.15) is 0 Å². The molecule has 0 bridgehead atoms. The number of halogens is 3. The van der Waals surface area contributed by atoms with Crippen LogP contribution in [0.15, 0.2) is 0 Å². The highest BCUT2D eigenvalue weighted by Gasteiger charge is 2.12. The van der Waals surface area contributed by atoms with Crippen LogP contribution in [0.4, 0.5) is 0 Å². The standard InChI is InChI=1S/C3Br3O/c4-3(5,6)1-2-7. The topological polar surface area (TPSA) is 19.9 Å². The molecule has 0 heterocycles. The summed E-state index contributed by atoms with van der Waals surface area (Å²) in [5.41, 5.74) is 0. The lowest BCUT2D eigenvalue weighted by molar-refractivity contribution is 0.391. The fourth-order valence-electron chi connectivity index (χ4n) is 0.0579. The third-order valence-electron chi connectivity index (χ3n) is 0.193. The zero-order chi connectivity index (χ0) is 5.91. The lowest BCUT2D eigenvalue weighted by atomic mass is 10.8. The van der Waals surface area contributed by atoms with Crippen LogP contribution in [0.5, 0.6) is 0 Å². The molecule has 0 aromatic carbocycles. The van der Waals surface area contributed by atoms with Crippen molar-refractivity contribution in [2.24, 2.45) is 0 Å². The Morgan fingerprint density at radius 3 is 1.71 bits per heavy atom. The molecule has 1 radical (unpaired) electrons. The summed E-state index contributed by atoms with van der Waals surface area (Å²) >= 11 is 9.00. The predicted octanol–water partition coefficient (Wildman–Crippen LogP) is 2.22. The Balaban J connectivity index is 3.72. The highest BCUT2D eigenvalue weighted by Crippen LogP contribution is 2.31. The lowest BCUT2D eigenvalue weighted by Crippen LogP contribution is -1.90. The fraction of sp³-hybridized carbons (Fsp3) is 0.333. The molecule has 0 rings (SSSR count). The Morgan fingerprint density at radius 1 is 1.29 bits per heavy atom. The Hall–Kier alpha value is 0.800. The maximum atomic E-state index is 9.49. The van der Waals surface area contributed by atoms with E-state index in [1.165, 1.54) is 6.11 Å². The van der Waals surface area contributed by atoms with E-state index in [9.17, 15) is 5.11 Å². The second-order valence-electron chi connectivity index (χ2n) is 0.725. The molecule has 4 heteroatoms. The van der Waals surface area contributed by atoms with Crippen molar-refractivity contribution < 1.29 is 5.11 Å². The normalized spacial score (nSPS) is 9.57. The molecule has 0 saturated carbocycles. The zero-order valence-electron chi connectivity index (χ0n) is 3.04. The van der Waals surface area contributed by atoms with Gasteiger partial charge in [-0.3, -0.25) is 0 Å². The molecule has 0 aromatic rings. The van der Waals surface area contributed by atoms with Crippen molar-refractivity contribution in [2.45, 2.75) is 2.14 Å². The summed E-state index contributed by atoms with van der Waals surface area (Å²) in [5, 5.41) is 9.49. The van der Waals surface area contributed by atoms with Gasteiger partial charge in [0.15, 0.2) is 8.25 Å². The average molecular weight is 292 g/mol. The first-order valence-corrected chi connectivity index (χ1v) is 3.65. The third-order valence-corrected chi connectivity index (χ3v) is 0.788. The second-order valence-corrected chi connectivity index (χ2v) is 7.49. The molecule has 0 saturated heterocycles. The van der Waals surface area contributed by atoms with E-state index in [1.807, 2.05) is 0 Å². The van der Waals surface area contributed by atoms with Gasteiger partial charge in [-0.25, -0.2) is 5.11 Å². The molecule has 0 aliphatic carbocycles. The van der Waals surface area contributed by atoms with Gasteiger partial charge in [0, 0.05) is 0 Å². The van der Waals surface area contributed by atoms with E-state index in [-0.39, 0.29) is 0 Å². The molecule has 0 amide bonds. The molecule has 0 aromatic heterocycles. The minimum Gasteiger partial charge on any atom is -0.224 e. The zero-order valence-corrected chi connectivity index (χ0v) is 7.80. The number of hydrogen-bond donors (Lipinski definition) is 0. The molecule has 0 aliphatic heterocycles. The summed E-state index contributed by atoms with van der Waals surface area (Å²) in [6.07, 6.45) is 1.47. The molecule has 0 N–H and O–H groups in total. The Morgan fingerprint density at radius 2 is 1.71 bits per heavy atom. The van der Waals surface area contributed by atoms with Crippen molar-refractivity contribution >= 4 is 47.8 Å². The van der Waals surface area contributed by atoms with Crippen LogP contribution < -0.4 is 0 Å². The van der Waals surface area contributed by atoms with E-state index >= 15 is 0 Å². The molecule has 39 valence electrons. The highest BCUT2D eigenvalue weighted by atomic mass is 80.0. The Labute approximate surface area is 66.9 Å². The largest absolute Gasteiger partial charge is 0.224 e. The van der Waals surface area contributed by atoms with Crippen molar-refractivity contribution in [3.05, 3.63) is 0 Å². The first kappa shape index (κ1) is 7.80. The summed E-state index contributed by atoms with van der Waals surface area (Å²) in [6.45, 7) is 0. The van der Waals surface area contributed by atoms with E-state index in [0.29, 0.717) is 0 Å². The second kappa shape index (κ2) is 2.95. The average Bonchev–Trinajstić information content (AvgIpc) is 1.30. The van der Waals surface area contributed by atoms with E-state index < -0.39 is 2.14 Å². The van der Waals surface area contributed by atoms with Gasteiger partial charge in [-0.05, 0) is 53.7 Å². The summed E-state index contributed by atoms with van der Waals surface area (Å²) in [4.78, 5) is 0. The monoisotopic (exact) mass is 289 g/mol. The maximum absolute atomic E-state index is 9.49.